The van der Waals surface area contributed by atoms with Crippen LogP contribution in [0.25, 0.3) is 5.57 Å². The van der Waals surface area contributed by atoms with Gasteiger partial charge in [-0.05, 0) is 30.1 Å². The molecule has 19 heavy (non-hydrogen) atoms. The van der Waals surface area contributed by atoms with Gasteiger partial charge in [-0.25, -0.2) is 0 Å². The molecule has 3 rings (SSSR count). The van der Waals surface area contributed by atoms with E-state index in [1.54, 1.807) is 0 Å². The van der Waals surface area contributed by atoms with Gasteiger partial charge >= 0.3 is 0 Å². The summed E-state index contributed by atoms with van der Waals surface area (Å²) in [7, 11) is 0. The van der Waals surface area contributed by atoms with Crippen LogP contribution in [-0.2, 0) is 0 Å². The number of allylic oxidation sites excluding steroid dienone is 4. The number of rotatable bonds is 1. The Kier molecular flexibility index (Phi) is 2.79. The van der Waals surface area contributed by atoms with Crippen molar-refractivity contribution in [2.45, 2.75) is 19.4 Å². The lowest BCUT2D eigenvalue weighted by Gasteiger charge is -2.26. The van der Waals surface area contributed by atoms with Gasteiger partial charge < -0.3 is 0 Å². The number of hydrogen-bond donors (Lipinski definition) is 1. The van der Waals surface area contributed by atoms with E-state index in [2.05, 4.69) is 42.8 Å². The van der Waals surface area contributed by atoms with E-state index in [9.17, 15) is 0 Å². The van der Waals surface area contributed by atoms with Gasteiger partial charge in [0.15, 0.2) is 0 Å². The van der Waals surface area contributed by atoms with Crippen LogP contribution in [0, 0.1) is 5.41 Å². The van der Waals surface area contributed by atoms with Crippen LogP contribution in [0.2, 0.25) is 0 Å². The molecule has 0 bridgehead atoms. The lowest BCUT2D eigenvalue weighted by Crippen LogP contribution is -2.26. The van der Waals surface area contributed by atoms with Crippen LogP contribution < -0.4 is 0 Å². The number of nitrogens with zero attached hydrogens (tertiary/aromatic N) is 1. The van der Waals surface area contributed by atoms with Gasteiger partial charge in [0, 0.05) is 5.57 Å². The van der Waals surface area contributed by atoms with Gasteiger partial charge in [0.2, 0.25) is 0 Å². The summed E-state index contributed by atoms with van der Waals surface area (Å²) in [5.41, 5.74) is 5.60. The zero-order valence-corrected chi connectivity index (χ0v) is 11.0. The maximum absolute atomic E-state index is 8.16. The van der Waals surface area contributed by atoms with E-state index in [0.717, 1.165) is 23.3 Å². The van der Waals surface area contributed by atoms with E-state index < -0.39 is 0 Å². The van der Waals surface area contributed by atoms with Crippen molar-refractivity contribution in [3.63, 3.8) is 0 Å². The Morgan fingerprint density at radius 3 is 2.68 bits per heavy atom. The SMILES string of the molecule is C=C1CC=C2C(c3ccccc3)=CC(C)N=C2C1=N. The number of aliphatic imine (C=N–C) groups is 1. The number of hydrogen-bond acceptors (Lipinski definition) is 2. The Balaban J connectivity index is 2.13. The van der Waals surface area contributed by atoms with Gasteiger partial charge in [0.05, 0.1) is 17.5 Å². The molecule has 0 amide bonds. The standard InChI is InChI=1S/C17H16N2/c1-11-8-9-14-15(13-6-4-3-5-7-13)10-12(2)19-17(14)16(11)18/h3-7,9-10,12,18H,1,8H2,2H3. The molecule has 0 spiro atoms. The molecular formula is C17H16N2. The number of fused-ring (bicyclic) bond motifs is 1. The van der Waals surface area contributed by atoms with Crippen molar-refractivity contribution in [3.8, 4) is 0 Å². The fraction of sp³-hybridized carbons (Fsp3) is 0.176. The largest absolute Gasteiger partial charge is 0.298 e. The fourth-order valence-corrected chi connectivity index (χ4v) is 2.54. The predicted octanol–water partition coefficient (Wildman–Crippen LogP) is 3.82. The van der Waals surface area contributed by atoms with Crippen molar-refractivity contribution in [2.75, 3.05) is 0 Å². The smallest absolute Gasteiger partial charge is 0.0908 e. The molecule has 1 aliphatic heterocycles. The summed E-state index contributed by atoms with van der Waals surface area (Å²) in [5, 5.41) is 8.16. The number of benzene rings is 1. The molecule has 1 aromatic carbocycles. The summed E-state index contributed by atoms with van der Waals surface area (Å²) in [6, 6.07) is 10.4. The Labute approximate surface area is 113 Å². The highest BCUT2D eigenvalue weighted by Crippen LogP contribution is 2.33. The molecule has 1 heterocycles. The number of nitrogens with one attached hydrogen (secondary N) is 1. The van der Waals surface area contributed by atoms with Crippen molar-refractivity contribution in [1.29, 1.82) is 5.41 Å². The highest BCUT2D eigenvalue weighted by Gasteiger charge is 2.26. The molecule has 2 heteroatoms. The van der Waals surface area contributed by atoms with Gasteiger partial charge in [0.1, 0.15) is 0 Å². The van der Waals surface area contributed by atoms with Gasteiger partial charge in [-0.2, -0.15) is 0 Å². The lowest BCUT2D eigenvalue weighted by molar-refractivity contribution is 0.921. The third kappa shape index (κ3) is 1.99. The average molecular weight is 248 g/mol. The first kappa shape index (κ1) is 11.8. The van der Waals surface area contributed by atoms with E-state index in [1.807, 2.05) is 18.2 Å². The summed E-state index contributed by atoms with van der Waals surface area (Å²) in [5.74, 6) is 0. The van der Waals surface area contributed by atoms with Crippen molar-refractivity contribution in [1.82, 2.24) is 0 Å². The van der Waals surface area contributed by atoms with Crippen LogP contribution in [0.3, 0.4) is 0 Å². The van der Waals surface area contributed by atoms with Crippen LogP contribution in [0.1, 0.15) is 18.9 Å². The predicted molar refractivity (Wildman–Crippen MR) is 80.9 cm³/mol. The first-order valence-corrected chi connectivity index (χ1v) is 6.50. The average Bonchev–Trinajstić information content (AvgIpc) is 2.44. The fourth-order valence-electron chi connectivity index (χ4n) is 2.54. The molecule has 1 unspecified atom stereocenters. The van der Waals surface area contributed by atoms with E-state index >= 15 is 0 Å². The highest BCUT2D eigenvalue weighted by atomic mass is 14.8. The van der Waals surface area contributed by atoms with Crippen LogP contribution in [0.5, 0.6) is 0 Å². The third-order valence-electron chi connectivity index (χ3n) is 3.51. The van der Waals surface area contributed by atoms with Crippen LogP contribution >= 0.6 is 0 Å². The van der Waals surface area contributed by atoms with Gasteiger partial charge in [-0.3, -0.25) is 10.4 Å². The van der Waals surface area contributed by atoms with Crippen LogP contribution in [0.4, 0.5) is 0 Å². The summed E-state index contributed by atoms with van der Waals surface area (Å²) < 4.78 is 0. The maximum Gasteiger partial charge on any atom is 0.0908 e. The molecule has 1 N–H and O–H groups in total. The minimum absolute atomic E-state index is 0.105. The summed E-state index contributed by atoms with van der Waals surface area (Å²) in [4.78, 5) is 4.60. The van der Waals surface area contributed by atoms with Crippen molar-refractivity contribution < 1.29 is 0 Å². The molecule has 0 aromatic heterocycles. The molecule has 0 saturated heterocycles. The second-order valence-corrected chi connectivity index (χ2v) is 4.97. The van der Waals surface area contributed by atoms with Gasteiger partial charge in [-0.15, -0.1) is 0 Å². The van der Waals surface area contributed by atoms with Crippen LogP contribution in [0.15, 0.2) is 65.2 Å². The van der Waals surface area contributed by atoms with E-state index in [-0.39, 0.29) is 6.04 Å². The first-order chi connectivity index (χ1) is 9.16. The molecule has 0 saturated carbocycles. The number of dihydropyridines is 1. The molecule has 0 radical (unpaired) electrons. The van der Waals surface area contributed by atoms with Crippen molar-refractivity contribution >= 4 is 17.0 Å². The maximum atomic E-state index is 8.16. The lowest BCUT2D eigenvalue weighted by atomic mass is 9.82. The summed E-state index contributed by atoms with van der Waals surface area (Å²) in [6.07, 6.45) is 5.06. The summed E-state index contributed by atoms with van der Waals surface area (Å²) >= 11 is 0. The van der Waals surface area contributed by atoms with E-state index in [4.69, 9.17) is 5.41 Å². The quantitative estimate of drug-likeness (QED) is 0.784. The van der Waals surface area contributed by atoms with Crippen molar-refractivity contribution in [2.24, 2.45) is 4.99 Å². The molecule has 1 aromatic rings. The zero-order chi connectivity index (χ0) is 13.4. The Morgan fingerprint density at radius 1 is 1.21 bits per heavy atom. The third-order valence-corrected chi connectivity index (χ3v) is 3.51. The minimum Gasteiger partial charge on any atom is -0.298 e. The Bertz CT molecular complexity index is 645. The van der Waals surface area contributed by atoms with Crippen LogP contribution in [-0.4, -0.2) is 17.5 Å². The molecule has 2 nitrogen and oxygen atoms in total. The second-order valence-electron chi connectivity index (χ2n) is 4.97. The van der Waals surface area contributed by atoms with Gasteiger partial charge in [-0.1, -0.05) is 49.1 Å². The molecule has 1 aliphatic carbocycles. The first-order valence-electron chi connectivity index (χ1n) is 6.50. The Morgan fingerprint density at radius 2 is 1.95 bits per heavy atom. The monoisotopic (exact) mass is 248 g/mol. The summed E-state index contributed by atoms with van der Waals surface area (Å²) in [6.45, 7) is 5.99. The topological polar surface area (TPSA) is 36.2 Å². The molecule has 0 fully saturated rings. The molecule has 1 atom stereocenters. The van der Waals surface area contributed by atoms with Gasteiger partial charge in [0.25, 0.3) is 0 Å². The minimum atomic E-state index is 0.105. The zero-order valence-electron chi connectivity index (χ0n) is 11.0. The van der Waals surface area contributed by atoms with Crippen molar-refractivity contribution in [3.05, 3.63) is 65.8 Å². The molecular weight excluding hydrogens is 232 g/mol. The molecule has 94 valence electrons. The Hall–Kier alpha value is -2.22. The van der Waals surface area contributed by atoms with E-state index in [1.165, 1.54) is 11.1 Å². The van der Waals surface area contributed by atoms with E-state index in [0.29, 0.717) is 5.71 Å². The molecule has 2 aliphatic rings. The normalized spacial score (nSPS) is 22.4. The highest BCUT2D eigenvalue weighted by molar-refractivity contribution is 6.56. The second kappa shape index (κ2) is 4.47.